The van der Waals surface area contributed by atoms with Gasteiger partial charge in [-0.1, -0.05) is 0 Å². The van der Waals surface area contributed by atoms with Crippen LogP contribution in [-0.2, 0) is 0 Å². The molecule has 1 rings (SSSR count). The summed E-state index contributed by atoms with van der Waals surface area (Å²) in [6, 6.07) is 3.41. The maximum atomic E-state index is 10.7. The number of carbonyl (C=O) groups is 1. The Hall–Kier alpha value is -1.51. The first-order chi connectivity index (χ1) is 6.19. The highest BCUT2D eigenvalue weighted by atomic mass is 16.5. The third-order valence-corrected chi connectivity index (χ3v) is 1.74. The van der Waals surface area contributed by atoms with Gasteiger partial charge in [0.1, 0.15) is 5.75 Å². The van der Waals surface area contributed by atoms with Crippen LogP contribution in [0.15, 0.2) is 12.1 Å². The van der Waals surface area contributed by atoms with Crippen LogP contribution in [0.3, 0.4) is 0 Å². The molecule has 0 amide bonds. The second-order valence-electron chi connectivity index (χ2n) is 2.81. The quantitative estimate of drug-likeness (QED) is 0.568. The number of aldehydes is 1. The molecular formula is C10H13NO2. The van der Waals surface area contributed by atoms with Crippen LogP contribution >= 0.6 is 0 Å². The number of anilines is 1. The number of nitrogens with two attached hydrogens (primary N) is 1. The van der Waals surface area contributed by atoms with Crippen molar-refractivity contribution in [3.05, 3.63) is 23.3 Å². The van der Waals surface area contributed by atoms with Crippen LogP contribution in [0.2, 0.25) is 0 Å². The highest BCUT2D eigenvalue weighted by molar-refractivity contribution is 5.82. The smallest absolute Gasteiger partial charge is 0.153 e. The molecule has 0 saturated heterocycles. The van der Waals surface area contributed by atoms with Crippen molar-refractivity contribution >= 4 is 12.0 Å². The van der Waals surface area contributed by atoms with Crippen LogP contribution in [0, 0.1) is 6.92 Å². The molecule has 3 heteroatoms. The maximum Gasteiger partial charge on any atom is 0.153 e. The van der Waals surface area contributed by atoms with Crippen molar-refractivity contribution in [3.63, 3.8) is 0 Å². The first-order valence-electron chi connectivity index (χ1n) is 4.17. The Balaban J connectivity index is 3.21. The fourth-order valence-electron chi connectivity index (χ4n) is 1.26. The number of aryl methyl sites for hydroxylation is 1. The molecule has 1 aromatic rings. The van der Waals surface area contributed by atoms with Gasteiger partial charge in [0.2, 0.25) is 0 Å². The zero-order valence-electron chi connectivity index (χ0n) is 7.83. The summed E-state index contributed by atoms with van der Waals surface area (Å²) in [5.74, 6) is 0.631. The van der Waals surface area contributed by atoms with Gasteiger partial charge in [0, 0.05) is 5.69 Å². The van der Waals surface area contributed by atoms with Crippen LogP contribution in [0.4, 0.5) is 5.69 Å². The summed E-state index contributed by atoms with van der Waals surface area (Å²) in [5.41, 5.74) is 7.58. The first kappa shape index (κ1) is 9.58. The van der Waals surface area contributed by atoms with Crippen molar-refractivity contribution < 1.29 is 9.53 Å². The van der Waals surface area contributed by atoms with Crippen molar-refractivity contribution in [3.8, 4) is 5.75 Å². The summed E-state index contributed by atoms with van der Waals surface area (Å²) >= 11 is 0. The molecule has 3 nitrogen and oxygen atoms in total. The highest BCUT2D eigenvalue weighted by Crippen LogP contribution is 2.25. The van der Waals surface area contributed by atoms with E-state index in [1.165, 1.54) is 0 Å². The molecule has 0 saturated carbocycles. The Morgan fingerprint density at radius 1 is 1.54 bits per heavy atom. The monoisotopic (exact) mass is 179 g/mol. The topological polar surface area (TPSA) is 52.3 Å². The molecule has 2 N–H and O–H groups in total. The number of carbonyl (C=O) groups excluding carboxylic acids is 1. The zero-order chi connectivity index (χ0) is 9.84. The van der Waals surface area contributed by atoms with E-state index in [4.69, 9.17) is 10.5 Å². The number of rotatable bonds is 3. The van der Waals surface area contributed by atoms with Gasteiger partial charge in [-0.3, -0.25) is 4.79 Å². The lowest BCUT2D eigenvalue weighted by molar-refractivity contribution is 0.111. The summed E-state index contributed by atoms with van der Waals surface area (Å²) in [6.45, 7) is 4.30. The van der Waals surface area contributed by atoms with Crippen molar-refractivity contribution in [1.82, 2.24) is 0 Å². The normalized spacial score (nSPS) is 9.69. The molecule has 0 aliphatic heterocycles. The van der Waals surface area contributed by atoms with E-state index < -0.39 is 0 Å². The van der Waals surface area contributed by atoms with Gasteiger partial charge in [-0.25, -0.2) is 0 Å². The summed E-state index contributed by atoms with van der Waals surface area (Å²) in [5, 5.41) is 0. The van der Waals surface area contributed by atoms with E-state index in [-0.39, 0.29) is 0 Å². The average molecular weight is 179 g/mol. The Morgan fingerprint density at radius 3 is 2.77 bits per heavy atom. The van der Waals surface area contributed by atoms with E-state index in [2.05, 4.69) is 0 Å². The van der Waals surface area contributed by atoms with Gasteiger partial charge in [0.25, 0.3) is 0 Å². The molecule has 0 heterocycles. The van der Waals surface area contributed by atoms with Crippen molar-refractivity contribution in [2.45, 2.75) is 13.8 Å². The molecule has 0 aromatic heterocycles. The maximum absolute atomic E-state index is 10.7. The molecule has 0 atom stereocenters. The van der Waals surface area contributed by atoms with Gasteiger partial charge in [-0.15, -0.1) is 0 Å². The lowest BCUT2D eigenvalue weighted by Gasteiger charge is -2.10. The predicted octanol–water partition coefficient (Wildman–Crippen LogP) is 1.79. The molecule has 0 fully saturated rings. The van der Waals surface area contributed by atoms with E-state index in [0.717, 1.165) is 11.8 Å². The second-order valence-corrected chi connectivity index (χ2v) is 2.81. The van der Waals surface area contributed by atoms with Gasteiger partial charge < -0.3 is 10.5 Å². The molecular weight excluding hydrogens is 166 g/mol. The number of ether oxygens (including phenoxy) is 1. The molecule has 0 bridgehead atoms. The third kappa shape index (κ3) is 1.99. The van der Waals surface area contributed by atoms with Crippen LogP contribution in [-0.4, -0.2) is 12.9 Å². The number of benzene rings is 1. The predicted molar refractivity (Wildman–Crippen MR) is 52.1 cm³/mol. The largest absolute Gasteiger partial charge is 0.493 e. The van der Waals surface area contributed by atoms with E-state index in [1.54, 1.807) is 12.1 Å². The molecule has 0 aliphatic rings. The molecule has 0 aliphatic carbocycles. The van der Waals surface area contributed by atoms with E-state index >= 15 is 0 Å². The Bertz CT molecular complexity index is 321. The van der Waals surface area contributed by atoms with Gasteiger partial charge in [-0.05, 0) is 31.5 Å². The van der Waals surface area contributed by atoms with Gasteiger partial charge in [0.05, 0.1) is 12.2 Å². The summed E-state index contributed by atoms with van der Waals surface area (Å²) in [4.78, 5) is 10.7. The summed E-state index contributed by atoms with van der Waals surface area (Å²) < 4.78 is 5.33. The lowest BCUT2D eigenvalue weighted by Crippen LogP contribution is -2.00. The fourth-order valence-corrected chi connectivity index (χ4v) is 1.26. The first-order valence-corrected chi connectivity index (χ1v) is 4.17. The number of hydrogen-bond donors (Lipinski definition) is 1. The minimum Gasteiger partial charge on any atom is -0.493 e. The second kappa shape index (κ2) is 3.94. The molecule has 1 aromatic carbocycles. The Labute approximate surface area is 77.5 Å². The Morgan fingerprint density at radius 2 is 2.23 bits per heavy atom. The van der Waals surface area contributed by atoms with Crippen LogP contribution < -0.4 is 10.5 Å². The molecule has 70 valence electrons. The van der Waals surface area contributed by atoms with Gasteiger partial charge >= 0.3 is 0 Å². The molecule has 0 unspecified atom stereocenters. The highest BCUT2D eigenvalue weighted by Gasteiger charge is 2.06. The number of hydrogen-bond acceptors (Lipinski definition) is 3. The van der Waals surface area contributed by atoms with Crippen LogP contribution in [0.25, 0.3) is 0 Å². The number of nitrogen functional groups attached to an aromatic ring is 1. The minimum absolute atomic E-state index is 0.513. The molecule has 13 heavy (non-hydrogen) atoms. The zero-order valence-corrected chi connectivity index (χ0v) is 7.83. The van der Waals surface area contributed by atoms with E-state index in [0.29, 0.717) is 23.6 Å². The SMILES string of the molecule is CCOc1c(C)cc(N)cc1C=O. The van der Waals surface area contributed by atoms with Crippen LogP contribution in [0.5, 0.6) is 5.75 Å². The summed E-state index contributed by atoms with van der Waals surface area (Å²) in [7, 11) is 0. The van der Waals surface area contributed by atoms with Crippen molar-refractivity contribution in [2.24, 2.45) is 0 Å². The molecule has 0 radical (unpaired) electrons. The van der Waals surface area contributed by atoms with Crippen molar-refractivity contribution in [2.75, 3.05) is 12.3 Å². The third-order valence-electron chi connectivity index (χ3n) is 1.74. The van der Waals surface area contributed by atoms with E-state index in [9.17, 15) is 4.79 Å². The molecule has 0 spiro atoms. The van der Waals surface area contributed by atoms with Crippen LogP contribution in [0.1, 0.15) is 22.8 Å². The minimum atomic E-state index is 0.513. The lowest BCUT2D eigenvalue weighted by atomic mass is 10.1. The van der Waals surface area contributed by atoms with Crippen molar-refractivity contribution in [1.29, 1.82) is 0 Å². The van der Waals surface area contributed by atoms with E-state index in [1.807, 2.05) is 13.8 Å². The summed E-state index contributed by atoms with van der Waals surface area (Å²) in [6.07, 6.45) is 0.758. The van der Waals surface area contributed by atoms with Gasteiger partial charge in [-0.2, -0.15) is 0 Å². The average Bonchev–Trinajstić information content (AvgIpc) is 2.09. The Kier molecular flexibility index (Phi) is 2.90. The van der Waals surface area contributed by atoms with Gasteiger partial charge in [0.15, 0.2) is 6.29 Å². The standard InChI is InChI=1S/C10H13NO2/c1-3-13-10-7(2)4-9(11)5-8(10)6-12/h4-6H,3,11H2,1-2H3. The fraction of sp³-hybridized carbons (Fsp3) is 0.300.